The highest BCUT2D eigenvalue weighted by Crippen LogP contribution is 2.16. The van der Waals surface area contributed by atoms with Crippen LogP contribution in [0.1, 0.15) is 9.75 Å². The SMILES string of the molecule is Cc1ccc(CNc2cnc(Br)cn2)s1. The second kappa shape index (κ2) is 4.72. The van der Waals surface area contributed by atoms with Crippen molar-refractivity contribution in [3.05, 3.63) is 38.9 Å². The van der Waals surface area contributed by atoms with Gasteiger partial charge in [0.15, 0.2) is 0 Å². The maximum absolute atomic E-state index is 4.18. The molecule has 0 aliphatic carbocycles. The molecule has 0 spiro atoms. The number of hydrogen-bond acceptors (Lipinski definition) is 4. The van der Waals surface area contributed by atoms with Crippen LogP contribution >= 0.6 is 27.3 Å². The van der Waals surface area contributed by atoms with Crippen molar-refractivity contribution in [3.63, 3.8) is 0 Å². The fraction of sp³-hybridized carbons (Fsp3) is 0.200. The van der Waals surface area contributed by atoms with E-state index in [-0.39, 0.29) is 0 Å². The van der Waals surface area contributed by atoms with Crippen molar-refractivity contribution in [2.75, 3.05) is 5.32 Å². The van der Waals surface area contributed by atoms with Crippen LogP contribution in [-0.4, -0.2) is 9.97 Å². The van der Waals surface area contributed by atoms with Crippen molar-refractivity contribution in [2.45, 2.75) is 13.5 Å². The Morgan fingerprint density at radius 3 is 2.80 bits per heavy atom. The highest BCUT2D eigenvalue weighted by Gasteiger charge is 1.98. The van der Waals surface area contributed by atoms with Crippen molar-refractivity contribution in [1.82, 2.24) is 9.97 Å². The molecule has 0 radical (unpaired) electrons. The molecule has 15 heavy (non-hydrogen) atoms. The normalized spacial score (nSPS) is 10.3. The lowest BCUT2D eigenvalue weighted by molar-refractivity contribution is 1.09. The molecule has 2 aromatic heterocycles. The van der Waals surface area contributed by atoms with Crippen LogP contribution in [0, 0.1) is 6.92 Å². The van der Waals surface area contributed by atoms with E-state index in [2.05, 4.69) is 50.3 Å². The third-order valence-corrected chi connectivity index (χ3v) is 3.27. The van der Waals surface area contributed by atoms with E-state index in [1.165, 1.54) is 9.75 Å². The zero-order valence-electron chi connectivity index (χ0n) is 8.20. The van der Waals surface area contributed by atoms with E-state index in [4.69, 9.17) is 0 Å². The Morgan fingerprint density at radius 2 is 2.20 bits per heavy atom. The number of anilines is 1. The van der Waals surface area contributed by atoms with Crippen molar-refractivity contribution < 1.29 is 0 Å². The number of hydrogen-bond donors (Lipinski definition) is 1. The number of nitrogens with one attached hydrogen (secondary N) is 1. The van der Waals surface area contributed by atoms with E-state index in [9.17, 15) is 0 Å². The summed E-state index contributed by atoms with van der Waals surface area (Å²) in [6, 6.07) is 4.24. The molecule has 78 valence electrons. The zero-order valence-corrected chi connectivity index (χ0v) is 10.6. The summed E-state index contributed by atoms with van der Waals surface area (Å²) in [4.78, 5) is 10.9. The van der Waals surface area contributed by atoms with Crippen LogP contribution in [0.5, 0.6) is 0 Å². The molecule has 0 saturated heterocycles. The smallest absolute Gasteiger partial charge is 0.144 e. The van der Waals surface area contributed by atoms with Gasteiger partial charge in [-0.3, -0.25) is 0 Å². The van der Waals surface area contributed by atoms with Crippen LogP contribution in [0.15, 0.2) is 29.1 Å². The van der Waals surface area contributed by atoms with Crippen LogP contribution in [0.3, 0.4) is 0 Å². The van der Waals surface area contributed by atoms with Crippen molar-refractivity contribution in [2.24, 2.45) is 0 Å². The van der Waals surface area contributed by atoms with E-state index in [0.29, 0.717) is 0 Å². The quantitative estimate of drug-likeness (QED) is 0.940. The Labute approximate surface area is 101 Å². The summed E-state index contributed by atoms with van der Waals surface area (Å²) in [6.07, 6.45) is 3.40. The summed E-state index contributed by atoms with van der Waals surface area (Å²) in [6.45, 7) is 2.91. The first-order chi connectivity index (χ1) is 7.24. The van der Waals surface area contributed by atoms with Crippen molar-refractivity contribution in [1.29, 1.82) is 0 Å². The molecule has 2 heterocycles. The summed E-state index contributed by atoms with van der Waals surface area (Å²) < 4.78 is 0.750. The maximum Gasteiger partial charge on any atom is 0.144 e. The average molecular weight is 284 g/mol. The lowest BCUT2D eigenvalue weighted by Gasteiger charge is -2.02. The molecule has 0 bridgehead atoms. The molecule has 0 amide bonds. The molecular weight excluding hydrogens is 274 g/mol. The zero-order chi connectivity index (χ0) is 10.7. The second-order valence-corrected chi connectivity index (χ2v) is 5.28. The van der Waals surface area contributed by atoms with Gasteiger partial charge >= 0.3 is 0 Å². The Bertz CT molecular complexity index is 438. The predicted octanol–water partition coefficient (Wildman–Crippen LogP) is 3.22. The number of rotatable bonds is 3. The van der Waals surface area contributed by atoms with E-state index in [0.717, 1.165) is 17.0 Å². The Morgan fingerprint density at radius 1 is 1.33 bits per heavy atom. The van der Waals surface area contributed by atoms with E-state index in [1.54, 1.807) is 23.7 Å². The molecule has 0 aromatic carbocycles. The molecule has 1 N–H and O–H groups in total. The lowest BCUT2D eigenvalue weighted by Crippen LogP contribution is -1.99. The monoisotopic (exact) mass is 283 g/mol. The predicted molar refractivity (Wildman–Crippen MR) is 66.1 cm³/mol. The first-order valence-corrected chi connectivity index (χ1v) is 6.12. The Hall–Kier alpha value is -0.940. The van der Waals surface area contributed by atoms with Gasteiger partial charge in [0.25, 0.3) is 0 Å². The van der Waals surface area contributed by atoms with Gasteiger partial charge in [0.05, 0.1) is 18.9 Å². The minimum atomic E-state index is 0.750. The van der Waals surface area contributed by atoms with Gasteiger partial charge in [-0.2, -0.15) is 0 Å². The van der Waals surface area contributed by atoms with Crippen LogP contribution in [0.2, 0.25) is 0 Å². The van der Waals surface area contributed by atoms with E-state index in [1.807, 2.05) is 0 Å². The van der Waals surface area contributed by atoms with Gasteiger partial charge < -0.3 is 5.32 Å². The first-order valence-electron chi connectivity index (χ1n) is 4.51. The number of aromatic nitrogens is 2. The van der Waals surface area contributed by atoms with Gasteiger partial charge in [0, 0.05) is 9.75 Å². The molecule has 0 aliphatic heterocycles. The fourth-order valence-corrected chi connectivity index (χ4v) is 2.20. The van der Waals surface area contributed by atoms with Crippen LogP contribution < -0.4 is 5.32 Å². The molecule has 5 heteroatoms. The van der Waals surface area contributed by atoms with E-state index >= 15 is 0 Å². The number of halogens is 1. The highest BCUT2D eigenvalue weighted by molar-refractivity contribution is 9.10. The first kappa shape index (κ1) is 10.6. The van der Waals surface area contributed by atoms with Crippen LogP contribution in [0.4, 0.5) is 5.82 Å². The topological polar surface area (TPSA) is 37.8 Å². The molecule has 0 saturated carbocycles. The molecular formula is C10H10BrN3S. The minimum absolute atomic E-state index is 0.750. The van der Waals surface area contributed by atoms with Crippen molar-refractivity contribution >= 4 is 33.1 Å². The van der Waals surface area contributed by atoms with Gasteiger partial charge in [-0.05, 0) is 35.0 Å². The third kappa shape index (κ3) is 3.00. The largest absolute Gasteiger partial charge is 0.364 e. The Balaban J connectivity index is 1.96. The van der Waals surface area contributed by atoms with Crippen LogP contribution in [0.25, 0.3) is 0 Å². The van der Waals surface area contributed by atoms with Gasteiger partial charge in [-0.25, -0.2) is 9.97 Å². The molecule has 0 unspecified atom stereocenters. The number of thiophene rings is 1. The Kier molecular flexibility index (Phi) is 3.33. The lowest BCUT2D eigenvalue weighted by atomic mass is 10.4. The molecule has 3 nitrogen and oxygen atoms in total. The van der Waals surface area contributed by atoms with Crippen LogP contribution in [-0.2, 0) is 6.54 Å². The summed E-state index contributed by atoms with van der Waals surface area (Å²) in [7, 11) is 0. The number of aryl methyl sites for hydroxylation is 1. The molecule has 2 aromatic rings. The summed E-state index contributed by atoms with van der Waals surface area (Å²) >= 11 is 5.04. The second-order valence-electron chi connectivity index (χ2n) is 3.09. The fourth-order valence-electron chi connectivity index (χ4n) is 1.16. The number of nitrogens with zero attached hydrogens (tertiary/aromatic N) is 2. The molecule has 2 rings (SSSR count). The summed E-state index contributed by atoms with van der Waals surface area (Å²) in [5.41, 5.74) is 0. The molecule has 0 fully saturated rings. The van der Waals surface area contributed by atoms with Gasteiger partial charge in [-0.1, -0.05) is 0 Å². The molecule has 0 aliphatic rings. The standard InChI is InChI=1S/C10H10BrN3S/c1-7-2-3-8(15-7)4-13-10-6-12-9(11)5-14-10/h2-3,5-6H,4H2,1H3,(H,13,14). The van der Waals surface area contributed by atoms with Gasteiger partial charge in [0.1, 0.15) is 10.4 Å². The third-order valence-electron chi connectivity index (χ3n) is 1.86. The average Bonchev–Trinajstić information content (AvgIpc) is 2.64. The van der Waals surface area contributed by atoms with Gasteiger partial charge in [-0.15, -0.1) is 11.3 Å². The minimum Gasteiger partial charge on any atom is -0.364 e. The summed E-state index contributed by atoms with van der Waals surface area (Å²) in [5.74, 6) is 0.796. The van der Waals surface area contributed by atoms with Crippen molar-refractivity contribution in [3.8, 4) is 0 Å². The highest BCUT2D eigenvalue weighted by atomic mass is 79.9. The van der Waals surface area contributed by atoms with E-state index < -0.39 is 0 Å². The summed E-state index contributed by atoms with van der Waals surface area (Å²) in [5, 5.41) is 3.22. The maximum atomic E-state index is 4.18. The molecule has 0 atom stereocenters. The van der Waals surface area contributed by atoms with Gasteiger partial charge in [0.2, 0.25) is 0 Å².